The number of benzene rings is 2. The Kier molecular flexibility index (Phi) is 5.02. The van der Waals surface area contributed by atoms with Crippen LogP contribution in [0.4, 0.5) is 4.39 Å². The number of carbonyl (C=O) groups is 1. The summed E-state index contributed by atoms with van der Waals surface area (Å²) in [6.07, 6.45) is 1.86. The summed E-state index contributed by atoms with van der Waals surface area (Å²) in [5.74, 6) is -0.902. The normalized spacial score (nSPS) is 10.7. The Morgan fingerprint density at radius 1 is 1.15 bits per heavy atom. The molecule has 134 valence electrons. The molecule has 0 radical (unpaired) electrons. The molecule has 2 aromatic carbocycles. The lowest BCUT2D eigenvalue weighted by Gasteiger charge is -2.08. The van der Waals surface area contributed by atoms with E-state index in [2.05, 4.69) is 4.98 Å². The summed E-state index contributed by atoms with van der Waals surface area (Å²) >= 11 is 0. The largest absolute Gasteiger partial charge is 0.494 e. The summed E-state index contributed by atoms with van der Waals surface area (Å²) in [5, 5.41) is 0.405. The van der Waals surface area contributed by atoms with E-state index in [-0.39, 0.29) is 23.3 Å². The van der Waals surface area contributed by atoms with Crippen LogP contribution in [0.1, 0.15) is 28.4 Å². The number of nitrogens with one attached hydrogen (secondary N) is 1. The topological polar surface area (TPSA) is 68.4 Å². The van der Waals surface area contributed by atoms with E-state index < -0.39 is 11.8 Å². The van der Waals surface area contributed by atoms with E-state index in [1.165, 1.54) is 19.4 Å². The molecule has 1 heterocycles. The molecule has 0 unspecified atom stereocenters. The van der Waals surface area contributed by atoms with Gasteiger partial charge in [0, 0.05) is 17.1 Å². The van der Waals surface area contributed by atoms with Crippen LogP contribution in [0.5, 0.6) is 5.75 Å². The Morgan fingerprint density at radius 3 is 2.62 bits per heavy atom. The van der Waals surface area contributed by atoms with Crippen molar-refractivity contribution in [2.24, 2.45) is 0 Å². The van der Waals surface area contributed by atoms with Crippen LogP contribution in [0.15, 0.2) is 47.4 Å². The van der Waals surface area contributed by atoms with Crippen LogP contribution in [0.25, 0.3) is 10.9 Å². The molecular formula is C20H18FNO4. The highest BCUT2D eigenvalue weighted by Crippen LogP contribution is 2.21. The van der Waals surface area contributed by atoms with Crippen LogP contribution in [0.3, 0.4) is 0 Å². The number of halogens is 1. The summed E-state index contributed by atoms with van der Waals surface area (Å²) < 4.78 is 23.4. The van der Waals surface area contributed by atoms with Gasteiger partial charge in [0.15, 0.2) is 11.6 Å². The van der Waals surface area contributed by atoms with E-state index in [4.69, 9.17) is 9.47 Å². The van der Waals surface area contributed by atoms with Gasteiger partial charge in [-0.15, -0.1) is 0 Å². The van der Waals surface area contributed by atoms with E-state index in [1.807, 2.05) is 6.07 Å². The van der Waals surface area contributed by atoms with Gasteiger partial charge in [-0.2, -0.15) is 0 Å². The van der Waals surface area contributed by atoms with Crippen molar-refractivity contribution in [3.8, 4) is 5.75 Å². The van der Waals surface area contributed by atoms with E-state index >= 15 is 0 Å². The number of methoxy groups -OCH3 is 1. The van der Waals surface area contributed by atoms with Crippen molar-refractivity contribution in [2.45, 2.75) is 13.3 Å². The molecule has 0 saturated heterocycles. The zero-order valence-electron chi connectivity index (χ0n) is 14.5. The number of H-pyrrole nitrogens is 1. The molecule has 0 bridgehead atoms. The number of hydrogen-bond acceptors (Lipinski definition) is 4. The Morgan fingerprint density at radius 2 is 1.88 bits per heavy atom. The number of ether oxygens (including phenoxy) is 2. The molecule has 0 aliphatic rings. The molecule has 0 aliphatic carbocycles. The molecule has 1 aromatic heterocycles. The van der Waals surface area contributed by atoms with Crippen molar-refractivity contribution in [3.63, 3.8) is 0 Å². The molecular weight excluding hydrogens is 337 g/mol. The lowest BCUT2D eigenvalue weighted by atomic mass is 10.0. The first-order valence-electron chi connectivity index (χ1n) is 8.17. The highest BCUT2D eigenvalue weighted by molar-refractivity contribution is 5.93. The van der Waals surface area contributed by atoms with Gasteiger partial charge in [-0.1, -0.05) is 12.1 Å². The number of aromatic nitrogens is 1. The van der Waals surface area contributed by atoms with Crippen LogP contribution in [-0.2, 0) is 11.2 Å². The number of esters is 1. The SMILES string of the molecule is CCOC(=O)c1c[nH]c2ccc(Cc3ccc(F)c(OC)c3)cc2c1=O. The van der Waals surface area contributed by atoms with E-state index in [1.54, 1.807) is 31.2 Å². The first-order valence-corrected chi connectivity index (χ1v) is 8.17. The van der Waals surface area contributed by atoms with Crippen molar-refractivity contribution in [3.05, 3.63) is 75.3 Å². The number of carbonyl (C=O) groups excluding carboxylic acids is 1. The van der Waals surface area contributed by atoms with Crippen LogP contribution in [0, 0.1) is 5.82 Å². The monoisotopic (exact) mass is 355 g/mol. The lowest BCUT2D eigenvalue weighted by Crippen LogP contribution is -2.18. The first kappa shape index (κ1) is 17.7. The Labute approximate surface area is 149 Å². The average molecular weight is 355 g/mol. The molecule has 26 heavy (non-hydrogen) atoms. The zero-order valence-corrected chi connectivity index (χ0v) is 14.5. The number of fused-ring (bicyclic) bond motifs is 1. The van der Waals surface area contributed by atoms with Crippen molar-refractivity contribution < 1.29 is 18.7 Å². The van der Waals surface area contributed by atoms with Gasteiger partial charge < -0.3 is 14.5 Å². The van der Waals surface area contributed by atoms with Gasteiger partial charge in [0.1, 0.15) is 5.56 Å². The van der Waals surface area contributed by atoms with Crippen LogP contribution >= 0.6 is 0 Å². The van der Waals surface area contributed by atoms with Crippen molar-refractivity contribution >= 4 is 16.9 Å². The summed E-state index contributed by atoms with van der Waals surface area (Å²) in [6, 6.07) is 10.0. The van der Waals surface area contributed by atoms with Crippen LogP contribution < -0.4 is 10.2 Å². The van der Waals surface area contributed by atoms with E-state index in [0.717, 1.165) is 11.1 Å². The van der Waals surface area contributed by atoms with Gasteiger partial charge in [0.25, 0.3) is 0 Å². The second kappa shape index (κ2) is 7.39. The van der Waals surface area contributed by atoms with Gasteiger partial charge in [0.2, 0.25) is 5.43 Å². The minimum atomic E-state index is -0.649. The predicted octanol–water partition coefficient (Wildman–Crippen LogP) is 3.44. The molecule has 0 spiro atoms. The molecule has 3 aromatic rings. The molecule has 0 saturated carbocycles. The van der Waals surface area contributed by atoms with Crippen LogP contribution in [0.2, 0.25) is 0 Å². The first-order chi connectivity index (χ1) is 12.5. The number of rotatable bonds is 5. The Hall–Kier alpha value is -3.15. The molecule has 6 heteroatoms. The Bertz CT molecular complexity index is 1030. The molecule has 3 rings (SSSR count). The van der Waals surface area contributed by atoms with E-state index in [0.29, 0.717) is 17.3 Å². The molecule has 0 aliphatic heterocycles. The predicted molar refractivity (Wildman–Crippen MR) is 96.3 cm³/mol. The van der Waals surface area contributed by atoms with Gasteiger partial charge in [-0.3, -0.25) is 4.79 Å². The minimum absolute atomic E-state index is 0.0278. The third-order valence-electron chi connectivity index (χ3n) is 4.06. The van der Waals surface area contributed by atoms with Gasteiger partial charge in [-0.25, -0.2) is 9.18 Å². The smallest absolute Gasteiger partial charge is 0.343 e. The fourth-order valence-electron chi connectivity index (χ4n) is 2.79. The van der Waals surface area contributed by atoms with Crippen molar-refractivity contribution in [1.82, 2.24) is 4.98 Å². The summed E-state index contributed by atoms with van der Waals surface area (Å²) in [4.78, 5) is 27.4. The highest BCUT2D eigenvalue weighted by atomic mass is 19.1. The third-order valence-corrected chi connectivity index (χ3v) is 4.06. The van der Waals surface area contributed by atoms with Gasteiger partial charge in [-0.05, 0) is 48.7 Å². The van der Waals surface area contributed by atoms with Crippen LogP contribution in [-0.4, -0.2) is 24.7 Å². The fourth-order valence-corrected chi connectivity index (χ4v) is 2.79. The average Bonchev–Trinajstić information content (AvgIpc) is 2.64. The number of aromatic amines is 1. The van der Waals surface area contributed by atoms with Crippen molar-refractivity contribution in [1.29, 1.82) is 0 Å². The van der Waals surface area contributed by atoms with Crippen molar-refractivity contribution in [2.75, 3.05) is 13.7 Å². The maximum Gasteiger partial charge on any atom is 0.343 e. The lowest BCUT2D eigenvalue weighted by molar-refractivity contribution is 0.0524. The van der Waals surface area contributed by atoms with Gasteiger partial charge >= 0.3 is 5.97 Å². The Balaban J connectivity index is 1.99. The summed E-state index contributed by atoms with van der Waals surface area (Å²) in [6.45, 7) is 1.88. The molecule has 0 fully saturated rings. The fraction of sp³-hybridized carbons (Fsp3) is 0.200. The molecule has 0 amide bonds. The summed E-state index contributed by atoms with van der Waals surface area (Å²) in [7, 11) is 1.41. The number of hydrogen-bond donors (Lipinski definition) is 1. The second-order valence-electron chi connectivity index (χ2n) is 5.78. The second-order valence-corrected chi connectivity index (χ2v) is 5.78. The number of pyridine rings is 1. The maximum atomic E-state index is 13.5. The molecule has 1 N–H and O–H groups in total. The molecule has 0 atom stereocenters. The summed E-state index contributed by atoms with van der Waals surface area (Å²) in [5.41, 5.74) is 1.93. The molecule has 5 nitrogen and oxygen atoms in total. The third kappa shape index (κ3) is 3.44. The van der Waals surface area contributed by atoms with Gasteiger partial charge in [0.05, 0.1) is 13.7 Å². The minimum Gasteiger partial charge on any atom is -0.494 e. The zero-order chi connectivity index (χ0) is 18.7. The standard InChI is InChI=1S/C20H18FNO4/c1-3-26-20(24)15-11-22-17-7-5-12(9-14(17)19(15)23)8-13-4-6-16(21)18(10-13)25-2/h4-7,9-11H,3,8H2,1-2H3,(H,22,23). The highest BCUT2D eigenvalue weighted by Gasteiger charge is 2.14. The maximum absolute atomic E-state index is 13.5. The van der Waals surface area contributed by atoms with E-state index in [9.17, 15) is 14.0 Å². The quantitative estimate of drug-likeness (QED) is 0.712.